The van der Waals surface area contributed by atoms with Crippen molar-refractivity contribution in [1.82, 2.24) is 4.90 Å². The summed E-state index contributed by atoms with van der Waals surface area (Å²) in [7, 11) is 0. The summed E-state index contributed by atoms with van der Waals surface area (Å²) in [6, 6.07) is 0. The van der Waals surface area contributed by atoms with Gasteiger partial charge in [0.1, 0.15) is 0 Å². The lowest BCUT2D eigenvalue weighted by molar-refractivity contribution is -0.139. The number of amides is 1. The van der Waals surface area contributed by atoms with E-state index in [2.05, 4.69) is 6.92 Å². The number of carbonyl (C=O) groups excluding carboxylic acids is 1. The number of carbonyl (C=O) groups is 1. The Morgan fingerprint density at radius 1 is 1.64 bits per heavy atom. The molecule has 1 aliphatic heterocycles. The van der Waals surface area contributed by atoms with Crippen LogP contribution in [0, 0.1) is 11.8 Å². The number of likely N-dealkylation sites (tertiary alicyclic amines) is 1. The Hall–Kier alpha value is -0.610. The van der Waals surface area contributed by atoms with Gasteiger partial charge in [0.15, 0.2) is 0 Å². The van der Waals surface area contributed by atoms with Crippen molar-refractivity contribution in [3.63, 3.8) is 0 Å². The van der Waals surface area contributed by atoms with Crippen LogP contribution in [0.25, 0.3) is 0 Å². The van der Waals surface area contributed by atoms with Crippen molar-refractivity contribution in [3.8, 4) is 0 Å². The van der Waals surface area contributed by atoms with Crippen LogP contribution in [-0.2, 0) is 4.79 Å². The topological polar surface area (TPSA) is 66.6 Å². The van der Waals surface area contributed by atoms with Crippen molar-refractivity contribution in [2.45, 2.75) is 26.4 Å². The number of β-amino-alcohol motifs (C(OH)–C–C–N with tert-alkyl or cyclic N) is 1. The molecule has 14 heavy (non-hydrogen) atoms. The van der Waals surface area contributed by atoms with E-state index in [9.17, 15) is 9.90 Å². The highest BCUT2D eigenvalue weighted by molar-refractivity contribution is 5.78. The minimum absolute atomic E-state index is 0.0677. The molecule has 0 aromatic rings. The third-order valence-corrected chi connectivity index (χ3v) is 2.72. The smallest absolute Gasteiger partial charge is 0.226 e. The molecule has 3 N–H and O–H groups in total. The molecule has 1 aliphatic rings. The molecule has 4 heteroatoms. The highest BCUT2D eigenvalue weighted by Gasteiger charge is 2.28. The van der Waals surface area contributed by atoms with Crippen molar-refractivity contribution in [2.75, 3.05) is 19.6 Å². The fourth-order valence-electron chi connectivity index (χ4n) is 1.91. The monoisotopic (exact) mass is 200 g/mol. The number of hydrogen-bond acceptors (Lipinski definition) is 3. The number of hydrogen-bond donors (Lipinski definition) is 2. The highest BCUT2D eigenvalue weighted by Crippen LogP contribution is 2.17. The van der Waals surface area contributed by atoms with Gasteiger partial charge >= 0.3 is 0 Å². The fraction of sp³-hybridized carbons (Fsp3) is 0.900. The Balaban J connectivity index is 2.54. The molecule has 1 rings (SSSR count). The third kappa shape index (κ3) is 2.69. The summed E-state index contributed by atoms with van der Waals surface area (Å²) in [4.78, 5) is 13.5. The number of aliphatic hydroxyl groups is 1. The summed E-state index contributed by atoms with van der Waals surface area (Å²) >= 11 is 0. The second-order valence-corrected chi connectivity index (χ2v) is 4.37. The molecule has 3 unspecified atom stereocenters. The number of nitrogens with two attached hydrogens (primary N) is 1. The normalized spacial score (nSPS) is 30.1. The molecular formula is C10H20N2O2. The summed E-state index contributed by atoms with van der Waals surface area (Å²) in [5.74, 6) is 0.318. The summed E-state index contributed by atoms with van der Waals surface area (Å²) in [5, 5.41) is 9.53. The molecule has 0 spiro atoms. The number of nitrogens with zero attached hydrogens (tertiary/aromatic N) is 1. The van der Waals surface area contributed by atoms with Crippen LogP contribution >= 0.6 is 0 Å². The molecule has 1 fully saturated rings. The first kappa shape index (κ1) is 11.5. The molecule has 0 aliphatic carbocycles. The molecule has 0 bridgehead atoms. The summed E-state index contributed by atoms with van der Waals surface area (Å²) in [5.41, 5.74) is 5.44. The van der Waals surface area contributed by atoms with Crippen LogP contribution in [0.3, 0.4) is 0 Å². The standard InChI is InChI=1S/C10H20N2O2/c1-7-3-9(13)6-12(5-7)10(14)8(2)4-11/h7-9,13H,3-6,11H2,1-2H3. The lowest BCUT2D eigenvalue weighted by atomic mass is 9.96. The van der Waals surface area contributed by atoms with E-state index in [-0.39, 0.29) is 17.9 Å². The largest absolute Gasteiger partial charge is 0.391 e. The zero-order valence-corrected chi connectivity index (χ0v) is 8.94. The molecule has 1 heterocycles. The van der Waals surface area contributed by atoms with Crippen molar-refractivity contribution >= 4 is 5.91 Å². The zero-order valence-electron chi connectivity index (χ0n) is 8.94. The van der Waals surface area contributed by atoms with Gasteiger partial charge in [0.2, 0.25) is 5.91 Å². The number of piperidine rings is 1. The minimum Gasteiger partial charge on any atom is -0.391 e. The van der Waals surface area contributed by atoms with Crippen molar-refractivity contribution in [1.29, 1.82) is 0 Å². The van der Waals surface area contributed by atoms with E-state index in [0.717, 1.165) is 13.0 Å². The van der Waals surface area contributed by atoms with Crippen molar-refractivity contribution < 1.29 is 9.90 Å². The Morgan fingerprint density at radius 2 is 2.29 bits per heavy atom. The SMILES string of the molecule is CC1CC(O)CN(C(=O)C(C)CN)C1. The molecule has 0 aromatic heterocycles. The average molecular weight is 200 g/mol. The Kier molecular flexibility index (Phi) is 3.89. The Labute approximate surface area is 85.1 Å². The van der Waals surface area contributed by atoms with Crippen LogP contribution in [-0.4, -0.2) is 41.7 Å². The van der Waals surface area contributed by atoms with Gasteiger partial charge in [-0.1, -0.05) is 13.8 Å². The second-order valence-electron chi connectivity index (χ2n) is 4.37. The predicted molar refractivity (Wildman–Crippen MR) is 54.6 cm³/mol. The van der Waals surface area contributed by atoms with E-state index in [1.54, 1.807) is 4.90 Å². The Morgan fingerprint density at radius 3 is 2.79 bits per heavy atom. The first-order valence-corrected chi connectivity index (χ1v) is 5.21. The van der Waals surface area contributed by atoms with Gasteiger partial charge < -0.3 is 15.7 Å². The van der Waals surface area contributed by atoms with E-state index >= 15 is 0 Å². The van der Waals surface area contributed by atoms with Gasteiger partial charge in [0, 0.05) is 25.6 Å². The van der Waals surface area contributed by atoms with Crippen LogP contribution < -0.4 is 5.73 Å². The summed E-state index contributed by atoms with van der Waals surface area (Å²) < 4.78 is 0. The highest BCUT2D eigenvalue weighted by atomic mass is 16.3. The van der Waals surface area contributed by atoms with E-state index < -0.39 is 0 Å². The maximum absolute atomic E-state index is 11.8. The maximum Gasteiger partial charge on any atom is 0.226 e. The lowest BCUT2D eigenvalue weighted by Gasteiger charge is -2.35. The van der Waals surface area contributed by atoms with Crippen molar-refractivity contribution in [3.05, 3.63) is 0 Å². The summed E-state index contributed by atoms with van der Waals surface area (Å²) in [6.07, 6.45) is 0.425. The molecule has 3 atom stereocenters. The van der Waals surface area contributed by atoms with E-state index in [1.165, 1.54) is 0 Å². The van der Waals surface area contributed by atoms with Crippen LogP contribution in [0.1, 0.15) is 20.3 Å². The van der Waals surface area contributed by atoms with Crippen LogP contribution in [0.2, 0.25) is 0 Å². The van der Waals surface area contributed by atoms with E-state index in [0.29, 0.717) is 19.0 Å². The molecular weight excluding hydrogens is 180 g/mol. The van der Waals surface area contributed by atoms with Gasteiger partial charge in [-0.25, -0.2) is 0 Å². The molecule has 0 radical (unpaired) electrons. The minimum atomic E-state index is -0.368. The van der Waals surface area contributed by atoms with E-state index in [4.69, 9.17) is 5.73 Å². The first-order valence-electron chi connectivity index (χ1n) is 5.21. The van der Waals surface area contributed by atoms with Gasteiger partial charge in [-0.15, -0.1) is 0 Å². The number of rotatable bonds is 2. The van der Waals surface area contributed by atoms with Gasteiger partial charge in [-0.3, -0.25) is 4.79 Å². The quantitative estimate of drug-likeness (QED) is 0.649. The first-order chi connectivity index (χ1) is 6.54. The zero-order chi connectivity index (χ0) is 10.7. The molecule has 82 valence electrons. The number of aliphatic hydroxyl groups excluding tert-OH is 1. The van der Waals surface area contributed by atoms with Gasteiger partial charge in [0.25, 0.3) is 0 Å². The molecule has 1 amide bonds. The van der Waals surface area contributed by atoms with Gasteiger partial charge in [-0.05, 0) is 12.3 Å². The second kappa shape index (κ2) is 4.75. The Bertz CT molecular complexity index is 198. The van der Waals surface area contributed by atoms with Gasteiger partial charge in [0.05, 0.1) is 6.10 Å². The van der Waals surface area contributed by atoms with Crippen LogP contribution in [0.15, 0.2) is 0 Å². The summed E-state index contributed by atoms with van der Waals surface area (Å²) in [6.45, 7) is 5.47. The molecule has 0 aromatic carbocycles. The predicted octanol–water partition coefficient (Wildman–Crippen LogP) is -0.189. The molecule has 0 saturated carbocycles. The van der Waals surface area contributed by atoms with Crippen LogP contribution in [0.4, 0.5) is 0 Å². The van der Waals surface area contributed by atoms with Crippen molar-refractivity contribution in [2.24, 2.45) is 17.6 Å². The molecule has 4 nitrogen and oxygen atoms in total. The van der Waals surface area contributed by atoms with Gasteiger partial charge in [-0.2, -0.15) is 0 Å². The average Bonchev–Trinajstić information content (AvgIpc) is 2.14. The maximum atomic E-state index is 11.8. The third-order valence-electron chi connectivity index (χ3n) is 2.72. The van der Waals surface area contributed by atoms with E-state index in [1.807, 2.05) is 6.92 Å². The fourth-order valence-corrected chi connectivity index (χ4v) is 1.91. The molecule has 1 saturated heterocycles. The van der Waals surface area contributed by atoms with Crippen LogP contribution in [0.5, 0.6) is 0 Å². The lowest BCUT2D eigenvalue weighted by Crippen LogP contribution is -2.48.